The van der Waals surface area contributed by atoms with Gasteiger partial charge in [-0.2, -0.15) is 0 Å². The first kappa shape index (κ1) is 20.8. The SMILES string of the molecule is COc1ccccc1N(CCCC(=O)N[C@H](C)c1ccccc1)S(C)(=O)=O. The number of hydrogen-bond acceptors (Lipinski definition) is 4. The van der Waals surface area contributed by atoms with E-state index in [9.17, 15) is 13.2 Å². The van der Waals surface area contributed by atoms with E-state index in [1.807, 2.05) is 37.3 Å². The predicted molar refractivity (Wildman–Crippen MR) is 107 cm³/mol. The number of nitrogens with one attached hydrogen (secondary N) is 1. The molecule has 0 aliphatic carbocycles. The molecule has 0 unspecified atom stereocenters. The Hall–Kier alpha value is -2.54. The first-order valence-corrected chi connectivity index (χ1v) is 10.6. The number of carbonyl (C=O) groups is 1. The Labute approximate surface area is 161 Å². The molecule has 27 heavy (non-hydrogen) atoms. The van der Waals surface area contributed by atoms with Crippen LogP contribution in [0.3, 0.4) is 0 Å². The standard InChI is InChI=1S/C20H26N2O4S/c1-16(17-10-5-4-6-11-17)21-20(23)14-9-15-22(27(3,24)25)18-12-7-8-13-19(18)26-2/h4-8,10-13,16H,9,14-15H2,1-3H3,(H,21,23)/t16-/m1/s1. The maximum atomic E-state index is 12.2. The molecule has 0 aliphatic rings. The summed E-state index contributed by atoms with van der Waals surface area (Å²) >= 11 is 0. The highest BCUT2D eigenvalue weighted by atomic mass is 32.2. The summed E-state index contributed by atoms with van der Waals surface area (Å²) in [7, 11) is -2.00. The van der Waals surface area contributed by atoms with Gasteiger partial charge in [-0.25, -0.2) is 8.42 Å². The van der Waals surface area contributed by atoms with Crippen LogP contribution in [0.1, 0.15) is 31.4 Å². The average molecular weight is 391 g/mol. The fraction of sp³-hybridized carbons (Fsp3) is 0.350. The van der Waals surface area contributed by atoms with E-state index in [1.54, 1.807) is 24.3 Å². The van der Waals surface area contributed by atoms with E-state index in [4.69, 9.17) is 4.74 Å². The van der Waals surface area contributed by atoms with Gasteiger partial charge >= 0.3 is 0 Å². The molecule has 146 valence electrons. The Morgan fingerprint density at radius 2 is 1.74 bits per heavy atom. The molecule has 0 bridgehead atoms. The number of amides is 1. The highest BCUT2D eigenvalue weighted by Crippen LogP contribution is 2.29. The molecule has 0 radical (unpaired) electrons. The number of hydrogen-bond donors (Lipinski definition) is 1. The highest BCUT2D eigenvalue weighted by Gasteiger charge is 2.21. The second-order valence-electron chi connectivity index (χ2n) is 6.31. The predicted octanol–water partition coefficient (Wildman–Crippen LogP) is 3.12. The summed E-state index contributed by atoms with van der Waals surface area (Å²) in [5.41, 5.74) is 1.50. The van der Waals surface area contributed by atoms with E-state index in [-0.39, 0.29) is 24.9 Å². The van der Waals surface area contributed by atoms with Crippen LogP contribution in [0.2, 0.25) is 0 Å². The normalized spacial score (nSPS) is 12.3. The first-order chi connectivity index (χ1) is 12.8. The van der Waals surface area contributed by atoms with E-state index in [1.165, 1.54) is 11.4 Å². The summed E-state index contributed by atoms with van der Waals surface area (Å²) in [6.07, 6.45) is 1.79. The summed E-state index contributed by atoms with van der Waals surface area (Å²) in [4.78, 5) is 12.2. The van der Waals surface area contributed by atoms with Crippen LogP contribution >= 0.6 is 0 Å². The Kier molecular flexibility index (Phi) is 7.24. The monoisotopic (exact) mass is 390 g/mol. The smallest absolute Gasteiger partial charge is 0.232 e. The molecule has 1 N–H and O–H groups in total. The van der Waals surface area contributed by atoms with Crippen molar-refractivity contribution in [2.24, 2.45) is 0 Å². The molecule has 1 atom stereocenters. The average Bonchev–Trinajstić information content (AvgIpc) is 2.65. The van der Waals surface area contributed by atoms with Gasteiger partial charge in [0.05, 0.1) is 25.1 Å². The van der Waals surface area contributed by atoms with Crippen LogP contribution < -0.4 is 14.4 Å². The number of rotatable bonds is 9. The van der Waals surface area contributed by atoms with Crippen molar-refractivity contribution in [3.63, 3.8) is 0 Å². The van der Waals surface area contributed by atoms with Crippen molar-refractivity contribution in [2.45, 2.75) is 25.8 Å². The zero-order valence-electron chi connectivity index (χ0n) is 15.9. The van der Waals surface area contributed by atoms with Crippen LogP contribution in [0, 0.1) is 0 Å². The Morgan fingerprint density at radius 3 is 2.37 bits per heavy atom. The van der Waals surface area contributed by atoms with Crippen LogP contribution in [-0.4, -0.2) is 34.2 Å². The van der Waals surface area contributed by atoms with Crippen molar-refractivity contribution in [1.29, 1.82) is 0 Å². The van der Waals surface area contributed by atoms with Gasteiger partial charge in [0.15, 0.2) is 0 Å². The summed E-state index contributed by atoms with van der Waals surface area (Å²) in [6, 6.07) is 16.5. The molecule has 0 saturated heterocycles. The molecule has 1 amide bonds. The third-order valence-electron chi connectivity index (χ3n) is 4.20. The molecule has 7 heteroatoms. The van der Waals surface area contributed by atoms with E-state index in [2.05, 4.69) is 5.32 Å². The third-order valence-corrected chi connectivity index (χ3v) is 5.38. The largest absolute Gasteiger partial charge is 0.495 e. The number of benzene rings is 2. The van der Waals surface area contributed by atoms with Crippen molar-refractivity contribution in [2.75, 3.05) is 24.2 Å². The number of para-hydroxylation sites is 2. The van der Waals surface area contributed by atoms with Gasteiger partial charge in [-0.1, -0.05) is 42.5 Å². The Morgan fingerprint density at radius 1 is 1.11 bits per heavy atom. The number of carbonyl (C=O) groups excluding carboxylic acids is 1. The van der Waals surface area contributed by atoms with Gasteiger partial charge in [-0.3, -0.25) is 9.10 Å². The molecule has 0 aromatic heterocycles. The van der Waals surface area contributed by atoms with Crippen molar-refractivity contribution < 1.29 is 17.9 Å². The zero-order valence-corrected chi connectivity index (χ0v) is 16.7. The fourth-order valence-corrected chi connectivity index (χ4v) is 3.79. The Bertz CT molecular complexity index is 853. The summed E-state index contributed by atoms with van der Waals surface area (Å²) < 4.78 is 31.0. The molecular formula is C20H26N2O4S. The number of anilines is 1. The molecule has 0 fully saturated rings. The maximum Gasteiger partial charge on any atom is 0.232 e. The van der Waals surface area contributed by atoms with E-state index in [0.717, 1.165) is 11.8 Å². The van der Waals surface area contributed by atoms with Crippen LogP contribution in [0.4, 0.5) is 5.69 Å². The fourth-order valence-electron chi connectivity index (χ4n) is 2.82. The van der Waals surface area contributed by atoms with Crippen LogP contribution in [0.25, 0.3) is 0 Å². The molecule has 2 rings (SSSR count). The van der Waals surface area contributed by atoms with Gasteiger partial charge in [0, 0.05) is 13.0 Å². The topological polar surface area (TPSA) is 75.7 Å². The molecule has 2 aromatic rings. The molecule has 0 saturated carbocycles. The van der Waals surface area contributed by atoms with E-state index in [0.29, 0.717) is 17.9 Å². The molecular weight excluding hydrogens is 364 g/mol. The lowest BCUT2D eigenvalue weighted by molar-refractivity contribution is -0.121. The molecule has 6 nitrogen and oxygen atoms in total. The highest BCUT2D eigenvalue weighted by molar-refractivity contribution is 7.92. The van der Waals surface area contributed by atoms with Gasteiger partial charge in [-0.15, -0.1) is 0 Å². The lowest BCUT2D eigenvalue weighted by Crippen LogP contribution is -2.32. The number of sulfonamides is 1. The zero-order chi connectivity index (χ0) is 19.9. The number of nitrogens with zero attached hydrogens (tertiary/aromatic N) is 1. The van der Waals surface area contributed by atoms with Crippen LogP contribution in [0.15, 0.2) is 54.6 Å². The van der Waals surface area contributed by atoms with Crippen molar-refractivity contribution in [3.05, 3.63) is 60.2 Å². The number of ether oxygens (including phenoxy) is 1. The van der Waals surface area contributed by atoms with Crippen molar-refractivity contribution in [1.82, 2.24) is 5.32 Å². The van der Waals surface area contributed by atoms with E-state index < -0.39 is 10.0 Å². The quantitative estimate of drug-likeness (QED) is 0.714. The van der Waals surface area contributed by atoms with Crippen molar-refractivity contribution in [3.8, 4) is 5.75 Å². The molecule has 0 aliphatic heterocycles. The lowest BCUT2D eigenvalue weighted by atomic mass is 10.1. The number of methoxy groups -OCH3 is 1. The van der Waals surface area contributed by atoms with Gasteiger partial charge in [0.25, 0.3) is 0 Å². The first-order valence-electron chi connectivity index (χ1n) is 8.78. The van der Waals surface area contributed by atoms with E-state index >= 15 is 0 Å². The van der Waals surface area contributed by atoms with Gasteiger partial charge < -0.3 is 10.1 Å². The van der Waals surface area contributed by atoms with Gasteiger partial charge in [0.2, 0.25) is 15.9 Å². The van der Waals surface area contributed by atoms with Crippen molar-refractivity contribution >= 4 is 21.6 Å². The second kappa shape index (κ2) is 9.41. The maximum absolute atomic E-state index is 12.2. The van der Waals surface area contributed by atoms with Crippen LogP contribution in [-0.2, 0) is 14.8 Å². The minimum Gasteiger partial charge on any atom is -0.495 e. The van der Waals surface area contributed by atoms with Gasteiger partial charge in [-0.05, 0) is 31.0 Å². The van der Waals surface area contributed by atoms with Crippen LogP contribution in [0.5, 0.6) is 5.75 Å². The lowest BCUT2D eigenvalue weighted by Gasteiger charge is -2.24. The minimum absolute atomic E-state index is 0.0982. The molecule has 0 spiro atoms. The second-order valence-corrected chi connectivity index (χ2v) is 8.22. The van der Waals surface area contributed by atoms with Gasteiger partial charge in [0.1, 0.15) is 5.75 Å². The molecule has 0 heterocycles. The minimum atomic E-state index is -3.49. The summed E-state index contributed by atoms with van der Waals surface area (Å²) in [6.45, 7) is 2.12. The summed E-state index contributed by atoms with van der Waals surface area (Å²) in [5, 5.41) is 2.94. The summed E-state index contributed by atoms with van der Waals surface area (Å²) in [5.74, 6) is 0.366. The molecule has 2 aromatic carbocycles. The Balaban J connectivity index is 1.97. The third kappa shape index (κ3) is 5.99.